The van der Waals surface area contributed by atoms with Gasteiger partial charge in [0.15, 0.2) is 0 Å². The van der Waals surface area contributed by atoms with Gasteiger partial charge in [0.25, 0.3) is 10.0 Å². The van der Waals surface area contributed by atoms with Gasteiger partial charge in [0, 0.05) is 6.54 Å². The molecule has 5 nitrogen and oxygen atoms in total. The van der Waals surface area contributed by atoms with Gasteiger partial charge < -0.3 is 10.2 Å². The summed E-state index contributed by atoms with van der Waals surface area (Å²) in [6.07, 6.45) is 1.90. The van der Waals surface area contributed by atoms with Crippen LogP contribution in [-0.2, 0) is 16.6 Å². The lowest BCUT2D eigenvalue weighted by Gasteiger charge is -2.12. The standard InChI is InChI=1S/C11H20N2O3S/c1-3-9(4-2)8-13-17(14,15)11-6-5-10(7-12)16-11/h5-6,9,13H,3-4,7-8,12H2,1-2H3. The van der Waals surface area contributed by atoms with Crippen LogP contribution < -0.4 is 10.5 Å². The molecule has 1 aromatic heterocycles. The molecule has 0 amide bonds. The molecule has 0 saturated heterocycles. The average molecular weight is 260 g/mol. The van der Waals surface area contributed by atoms with Crippen molar-refractivity contribution in [3.63, 3.8) is 0 Å². The molecule has 0 aliphatic carbocycles. The highest BCUT2D eigenvalue weighted by atomic mass is 32.2. The molecule has 0 unspecified atom stereocenters. The van der Waals surface area contributed by atoms with E-state index in [0.29, 0.717) is 18.2 Å². The van der Waals surface area contributed by atoms with Gasteiger partial charge in [-0.2, -0.15) is 0 Å². The zero-order valence-corrected chi connectivity index (χ0v) is 11.1. The highest BCUT2D eigenvalue weighted by Gasteiger charge is 2.19. The summed E-state index contributed by atoms with van der Waals surface area (Å²) in [6, 6.07) is 3.00. The number of hydrogen-bond acceptors (Lipinski definition) is 4. The van der Waals surface area contributed by atoms with Crippen LogP contribution in [0.25, 0.3) is 0 Å². The van der Waals surface area contributed by atoms with Crippen molar-refractivity contribution < 1.29 is 12.8 Å². The molecule has 0 aromatic carbocycles. The predicted octanol–water partition coefficient (Wildman–Crippen LogP) is 1.45. The van der Waals surface area contributed by atoms with Gasteiger partial charge in [0.1, 0.15) is 5.76 Å². The summed E-state index contributed by atoms with van der Waals surface area (Å²) in [7, 11) is -3.54. The first-order chi connectivity index (χ1) is 8.03. The van der Waals surface area contributed by atoms with Crippen LogP contribution in [0.3, 0.4) is 0 Å². The van der Waals surface area contributed by atoms with Crippen molar-refractivity contribution in [3.05, 3.63) is 17.9 Å². The first-order valence-electron chi connectivity index (χ1n) is 5.81. The van der Waals surface area contributed by atoms with Crippen molar-refractivity contribution in [3.8, 4) is 0 Å². The van der Waals surface area contributed by atoms with Crippen molar-refractivity contribution in [1.82, 2.24) is 4.72 Å². The summed E-state index contributed by atoms with van der Waals surface area (Å²) in [5.41, 5.74) is 5.36. The van der Waals surface area contributed by atoms with E-state index >= 15 is 0 Å². The van der Waals surface area contributed by atoms with Crippen molar-refractivity contribution in [2.45, 2.75) is 38.3 Å². The van der Waals surface area contributed by atoms with Crippen LogP contribution in [0.5, 0.6) is 0 Å². The molecule has 0 spiro atoms. The number of furan rings is 1. The molecular weight excluding hydrogens is 240 g/mol. The minimum absolute atomic E-state index is 0.0658. The van der Waals surface area contributed by atoms with E-state index in [4.69, 9.17) is 10.2 Å². The Morgan fingerprint density at radius 2 is 2.00 bits per heavy atom. The lowest BCUT2D eigenvalue weighted by Crippen LogP contribution is -2.28. The predicted molar refractivity (Wildman–Crippen MR) is 65.9 cm³/mol. The SMILES string of the molecule is CCC(CC)CNS(=O)(=O)c1ccc(CN)o1. The van der Waals surface area contributed by atoms with Gasteiger partial charge in [-0.15, -0.1) is 0 Å². The van der Waals surface area contributed by atoms with Gasteiger partial charge in [-0.25, -0.2) is 13.1 Å². The van der Waals surface area contributed by atoms with E-state index in [-0.39, 0.29) is 11.6 Å². The lowest BCUT2D eigenvalue weighted by atomic mass is 10.0. The quantitative estimate of drug-likeness (QED) is 0.777. The van der Waals surface area contributed by atoms with Crippen LogP contribution in [0.1, 0.15) is 32.4 Å². The van der Waals surface area contributed by atoms with Crippen molar-refractivity contribution in [2.24, 2.45) is 11.7 Å². The summed E-state index contributed by atoms with van der Waals surface area (Å²) in [5.74, 6) is 0.821. The van der Waals surface area contributed by atoms with Gasteiger partial charge >= 0.3 is 0 Å². The molecule has 0 aliphatic heterocycles. The first kappa shape index (κ1) is 14.2. The second kappa shape index (κ2) is 6.18. The first-order valence-corrected chi connectivity index (χ1v) is 7.30. The largest absolute Gasteiger partial charge is 0.447 e. The molecule has 0 fully saturated rings. The van der Waals surface area contributed by atoms with Crippen LogP contribution in [0.2, 0.25) is 0 Å². The third kappa shape index (κ3) is 3.83. The van der Waals surface area contributed by atoms with E-state index in [1.165, 1.54) is 6.07 Å². The van der Waals surface area contributed by atoms with Gasteiger partial charge in [0.2, 0.25) is 5.09 Å². The third-order valence-electron chi connectivity index (χ3n) is 2.82. The Morgan fingerprint density at radius 1 is 1.35 bits per heavy atom. The molecule has 17 heavy (non-hydrogen) atoms. The molecule has 1 heterocycles. The minimum atomic E-state index is -3.54. The Morgan fingerprint density at radius 3 is 2.47 bits per heavy atom. The molecule has 98 valence electrons. The topological polar surface area (TPSA) is 85.3 Å². The number of sulfonamides is 1. The average Bonchev–Trinajstić information content (AvgIpc) is 2.79. The zero-order valence-electron chi connectivity index (χ0n) is 10.3. The fourth-order valence-corrected chi connectivity index (χ4v) is 2.55. The Kier molecular flexibility index (Phi) is 5.17. The van der Waals surface area contributed by atoms with Crippen LogP contribution in [0.4, 0.5) is 0 Å². The van der Waals surface area contributed by atoms with E-state index < -0.39 is 10.0 Å². The molecule has 1 rings (SSSR count). The monoisotopic (exact) mass is 260 g/mol. The molecule has 6 heteroatoms. The van der Waals surface area contributed by atoms with Crippen LogP contribution in [0.15, 0.2) is 21.6 Å². The number of rotatable bonds is 7. The van der Waals surface area contributed by atoms with Crippen LogP contribution in [-0.4, -0.2) is 15.0 Å². The molecular formula is C11H20N2O3S. The Balaban J connectivity index is 2.68. The van der Waals surface area contributed by atoms with Gasteiger partial charge in [0.05, 0.1) is 6.54 Å². The van der Waals surface area contributed by atoms with E-state index in [2.05, 4.69) is 4.72 Å². The fourth-order valence-electron chi connectivity index (χ4n) is 1.49. The molecule has 0 saturated carbocycles. The van der Waals surface area contributed by atoms with E-state index in [1.54, 1.807) is 6.07 Å². The van der Waals surface area contributed by atoms with Crippen molar-refractivity contribution in [1.29, 1.82) is 0 Å². The van der Waals surface area contributed by atoms with Gasteiger partial charge in [-0.1, -0.05) is 26.7 Å². The number of nitrogens with one attached hydrogen (secondary N) is 1. The zero-order chi connectivity index (χ0) is 12.9. The van der Waals surface area contributed by atoms with Gasteiger partial charge in [-0.05, 0) is 18.1 Å². The summed E-state index contributed by atoms with van der Waals surface area (Å²) in [5, 5.41) is -0.0658. The molecule has 0 radical (unpaired) electrons. The smallest absolute Gasteiger partial charge is 0.273 e. The van der Waals surface area contributed by atoms with Crippen molar-refractivity contribution >= 4 is 10.0 Å². The maximum atomic E-state index is 11.9. The molecule has 0 aliphatic rings. The molecule has 0 atom stereocenters. The van der Waals surface area contributed by atoms with Crippen LogP contribution >= 0.6 is 0 Å². The summed E-state index contributed by atoms with van der Waals surface area (Å²) < 4.78 is 31.4. The Bertz CT molecular complexity index is 435. The third-order valence-corrected chi connectivity index (χ3v) is 4.12. The van der Waals surface area contributed by atoms with E-state index in [0.717, 1.165) is 12.8 Å². The lowest BCUT2D eigenvalue weighted by molar-refractivity contribution is 0.408. The normalized spacial score (nSPS) is 12.2. The van der Waals surface area contributed by atoms with Crippen LogP contribution in [0, 0.1) is 5.92 Å². The second-order valence-corrected chi connectivity index (χ2v) is 5.66. The molecule has 1 aromatic rings. The summed E-state index contributed by atoms with van der Waals surface area (Å²) in [6.45, 7) is 4.72. The Labute approximate surface area is 102 Å². The molecule has 0 bridgehead atoms. The molecule has 3 N–H and O–H groups in total. The maximum Gasteiger partial charge on any atom is 0.273 e. The van der Waals surface area contributed by atoms with E-state index in [1.807, 2.05) is 13.8 Å². The second-order valence-electron chi connectivity index (χ2n) is 3.96. The fraction of sp³-hybridized carbons (Fsp3) is 0.636. The highest BCUT2D eigenvalue weighted by Crippen LogP contribution is 2.14. The van der Waals surface area contributed by atoms with Crippen molar-refractivity contribution in [2.75, 3.05) is 6.54 Å². The Hall–Kier alpha value is -0.850. The summed E-state index contributed by atoms with van der Waals surface area (Å²) >= 11 is 0. The van der Waals surface area contributed by atoms with E-state index in [9.17, 15) is 8.42 Å². The summed E-state index contributed by atoms with van der Waals surface area (Å²) in [4.78, 5) is 0. The number of nitrogens with two attached hydrogens (primary N) is 1. The highest BCUT2D eigenvalue weighted by molar-refractivity contribution is 7.89. The van der Waals surface area contributed by atoms with Gasteiger partial charge in [-0.3, -0.25) is 0 Å². The maximum absolute atomic E-state index is 11.9. The minimum Gasteiger partial charge on any atom is -0.447 e. The number of hydrogen-bond donors (Lipinski definition) is 2.